The third-order valence-corrected chi connectivity index (χ3v) is 3.87. The SMILES string of the molecule is CCNC(CN(C)CC1CC1)c1ccc(OC(C)C)cc1. The molecule has 0 radical (unpaired) electrons. The lowest BCUT2D eigenvalue weighted by atomic mass is 10.1. The number of benzene rings is 1. The number of ether oxygens (including phenoxy) is 1. The number of nitrogens with zero attached hydrogens (tertiary/aromatic N) is 1. The van der Waals surface area contributed by atoms with Crippen LogP contribution in [0.2, 0.25) is 0 Å². The molecule has 0 bridgehead atoms. The largest absolute Gasteiger partial charge is 0.491 e. The highest BCUT2D eigenvalue weighted by molar-refractivity contribution is 5.29. The quantitative estimate of drug-likeness (QED) is 0.753. The Morgan fingerprint density at radius 3 is 2.43 bits per heavy atom. The van der Waals surface area contributed by atoms with Crippen LogP contribution in [0.25, 0.3) is 0 Å². The van der Waals surface area contributed by atoms with Crippen LogP contribution < -0.4 is 10.1 Å². The summed E-state index contributed by atoms with van der Waals surface area (Å²) in [6, 6.07) is 8.94. The number of rotatable bonds is 9. The molecule has 1 aliphatic rings. The van der Waals surface area contributed by atoms with Crippen molar-refractivity contribution >= 4 is 0 Å². The Morgan fingerprint density at radius 1 is 1.24 bits per heavy atom. The minimum atomic E-state index is 0.227. The smallest absolute Gasteiger partial charge is 0.119 e. The summed E-state index contributed by atoms with van der Waals surface area (Å²) in [7, 11) is 2.24. The molecule has 2 rings (SSSR count). The molecule has 118 valence electrons. The molecule has 3 nitrogen and oxygen atoms in total. The van der Waals surface area contributed by atoms with Crippen molar-refractivity contribution in [1.82, 2.24) is 10.2 Å². The van der Waals surface area contributed by atoms with Crippen LogP contribution in [0.15, 0.2) is 24.3 Å². The second-order valence-electron chi connectivity index (χ2n) is 6.51. The van der Waals surface area contributed by atoms with Crippen molar-refractivity contribution < 1.29 is 4.74 Å². The zero-order chi connectivity index (χ0) is 15.2. The molecule has 1 aliphatic carbocycles. The van der Waals surface area contributed by atoms with E-state index in [9.17, 15) is 0 Å². The fraction of sp³-hybridized carbons (Fsp3) is 0.667. The van der Waals surface area contributed by atoms with Gasteiger partial charge in [0, 0.05) is 19.1 Å². The minimum absolute atomic E-state index is 0.227. The maximum Gasteiger partial charge on any atom is 0.119 e. The Balaban J connectivity index is 1.95. The van der Waals surface area contributed by atoms with E-state index in [-0.39, 0.29) is 6.10 Å². The summed E-state index contributed by atoms with van der Waals surface area (Å²) in [5, 5.41) is 3.60. The average molecular weight is 290 g/mol. The van der Waals surface area contributed by atoms with Crippen LogP contribution in [0.3, 0.4) is 0 Å². The molecular formula is C18H30N2O. The first-order chi connectivity index (χ1) is 10.1. The van der Waals surface area contributed by atoms with E-state index in [0.29, 0.717) is 6.04 Å². The summed E-state index contributed by atoms with van der Waals surface area (Å²) in [4.78, 5) is 2.46. The topological polar surface area (TPSA) is 24.5 Å². The molecule has 1 atom stereocenters. The van der Waals surface area contributed by atoms with E-state index in [1.165, 1.54) is 24.9 Å². The van der Waals surface area contributed by atoms with Crippen molar-refractivity contribution in [2.45, 2.75) is 45.8 Å². The Labute approximate surface area is 129 Å². The van der Waals surface area contributed by atoms with Crippen molar-refractivity contribution in [2.75, 3.05) is 26.7 Å². The van der Waals surface area contributed by atoms with E-state index in [1.54, 1.807) is 0 Å². The molecule has 0 aromatic heterocycles. The monoisotopic (exact) mass is 290 g/mol. The summed E-state index contributed by atoms with van der Waals surface area (Å²) >= 11 is 0. The first-order valence-corrected chi connectivity index (χ1v) is 8.27. The summed E-state index contributed by atoms with van der Waals surface area (Å²) in [5.41, 5.74) is 1.34. The second kappa shape index (κ2) is 7.81. The van der Waals surface area contributed by atoms with Crippen molar-refractivity contribution in [3.63, 3.8) is 0 Å². The van der Waals surface area contributed by atoms with Gasteiger partial charge in [-0.2, -0.15) is 0 Å². The highest BCUT2D eigenvalue weighted by atomic mass is 16.5. The van der Waals surface area contributed by atoms with Crippen LogP contribution in [0.1, 0.15) is 45.2 Å². The van der Waals surface area contributed by atoms with Gasteiger partial charge in [0.2, 0.25) is 0 Å². The Morgan fingerprint density at radius 2 is 1.90 bits per heavy atom. The third-order valence-electron chi connectivity index (χ3n) is 3.87. The molecule has 0 heterocycles. The van der Waals surface area contributed by atoms with E-state index in [1.807, 2.05) is 0 Å². The number of hydrogen-bond acceptors (Lipinski definition) is 3. The predicted octanol–water partition coefficient (Wildman–Crippen LogP) is 3.47. The summed E-state index contributed by atoms with van der Waals surface area (Å²) < 4.78 is 5.72. The van der Waals surface area contributed by atoms with Gasteiger partial charge in [-0.1, -0.05) is 19.1 Å². The zero-order valence-electron chi connectivity index (χ0n) is 13.9. The van der Waals surface area contributed by atoms with Gasteiger partial charge in [0.15, 0.2) is 0 Å². The number of nitrogens with one attached hydrogen (secondary N) is 1. The Kier molecular flexibility index (Phi) is 6.07. The number of hydrogen-bond donors (Lipinski definition) is 1. The first kappa shape index (κ1) is 16.3. The molecule has 3 heteroatoms. The predicted molar refractivity (Wildman–Crippen MR) is 88.8 cm³/mol. The molecule has 0 saturated heterocycles. The van der Waals surface area contributed by atoms with Gasteiger partial charge >= 0.3 is 0 Å². The molecule has 0 aliphatic heterocycles. The van der Waals surface area contributed by atoms with Gasteiger partial charge in [0.25, 0.3) is 0 Å². The van der Waals surface area contributed by atoms with Gasteiger partial charge in [-0.15, -0.1) is 0 Å². The van der Waals surface area contributed by atoms with Crippen molar-refractivity contribution in [1.29, 1.82) is 0 Å². The maximum atomic E-state index is 5.72. The highest BCUT2D eigenvalue weighted by Crippen LogP contribution is 2.30. The van der Waals surface area contributed by atoms with E-state index in [4.69, 9.17) is 4.74 Å². The first-order valence-electron chi connectivity index (χ1n) is 8.27. The van der Waals surface area contributed by atoms with Gasteiger partial charge in [0.1, 0.15) is 5.75 Å². The molecular weight excluding hydrogens is 260 g/mol. The fourth-order valence-electron chi connectivity index (χ4n) is 2.71. The van der Waals surface area contributed by atoms with Crippen LogP contribution >= 0.6 is 0 Å². The average Bonchev–Trinajstić information content (AvgIpc) is 3.22. The summed E-state index contributed by atoms with van der Waals surface area (Å²) in [5.74, 6) is 1.90. The molecule has 1 aromatic carbocycles. The lowest BCUT2D eigenvalue weighted by molar-refractivity contribution is 0.242. The lowest BCUT2D eigenvalue weighted by Crippen LogP contribution is -2.34. The highest BCUT2D eigenvalue weighted by Gasteiger charge is 2.24. The van der Waals surface area contributed by atoms with Crippen molar-refractivity contribution in [3.8, 4) is 5.75 Å². The van der Waals surface area contributed by atoms with E-state index in [2.05, 4.69) is 62.3 Å². The number of likely N-dealkylation sites (N-methyl/N-ethyl adjacent to an activating group) is 2. The third kappa shape index (κ3) is 5.68. The van der Waals surface area contributed by atoms with Gasteiger partial charge in [0.05, 0.1) is 6.10 Å². The lowest BCUT2D eigenvalue weighted by Gasteiger charge is -2.25. The normalized spacial score (nSPS) is 16.5. The van der Waals surface area contributed by atoms with Gasteiger partial charge < -0.3 is 15.0 Å². The molecule has 1 saturated carbocycles. The second-order valence-corrected chi connectivity index (χ2v) is 6.51. The van der Waals surface area contributed by atoms with Crippen LogP contribution in [0.4, 0.5) is 0 Å². The zero-order valence-corrected chi connectivity index (χ0v) is 13.9. The van der Waals surface area contributed by atoms with Gasteiger partial charge in [-0.3, -0.25) is 0 Å². The Hall–Kier alpha value is -1.06. The van der Waals surface area contributed by atoms with Crippen molar-refractivity contribution in [3.05, 3.63) is 29.8 Å². The van der Waals surface area contributed by atoms with Crippen LogP contribution in [-0.4, -0.2) is 37.7 Å². The van der Waals surface area contributed by atoms with Crippen LogP contribution in [0, 0.1) is 5.92 Å². The molecule has 0 spiro atoms. The van der Waals surface area contributed by atoms with E-state index >= 15 is 0 Å². The van der Waals surface area contributed by atoms with Gasteiger partial charge in [-0.05, 0) is 63.9 Å². The molecule has 1 fully saturated rings. The standard InChI is InChI=1S/C18H30N2O/c1-5-19-18(13-20(4)12-15-6-7-15)16-8-10-17(11-9-16)21-14(2)3/h8-11,14-15,18-19H,5-7,12-13H2,1-4H3. The molecule has 1 N–H and O–H groups in total. The van der Waals surface area contributed by atoms with Crippen LogP contribution in [-0.2, 0) is 0 Å². The van der Waals surface area contributed by atoms with Crippen LogP contribution in [0.5, 0.6) is 5.75 Å². The van der Waals surface area contributed by atoms with E-state index < -0.39 is 0 Å². The van der Waals surface area contributed by atoms with Gasteiger partial charge in [-0.25, -0.2) is 0 Å². The molecule has 21 heavy (non-hydrogen) atoms. The molecule has 1 aromatic rings. The summed E-state index contributed by atoms with van der Waals surface area (Å²) in [6.07, 6.45) is 3.06. The molecule has 1 unspecified atom stereocenters. The maximum absolute atomic E-state index is 5.72. The summed E-state index contributed by atoms with van der Waals surface area (Å²) in [6.45, 7) is 9.58. The van der Waals surface area contributed by atoms with Crippen molar-refractivity contribution in [2.24, 2.45) is 5.92 Å². The fourth-order valence-corrected chi connectivity index (χ4v) is 2.71. The Bertz CT molecular complexity index is 412. The molecule has 0 amide bonds. The van der Waals surface area contributed by atoms with E-state index in [0.717, 1.165) is 24.8 Å². The minimum Gasteiger partial charge on any atom is -0.491 e.